The van der Waals surface area contributed by atoms with Gasteiger partial charge < -0.3 is 0 Å². The van der Waals surface area contributed by atoms with Crippen LogP contribution in [0.1, 0.15) is 100 Å². The monoisotopic (exact) mass is 602 g/mol. The largest absolute Gasteiger partial charge is 0.187 e. The zero-order valence-corrected chi connectivity index (χ0v) is 28.1. The first-order chi connectivity index (χ1) is 22.3. The predicted molar refractivity (Wildman–Crippen MR) is 198 cm³/mol. The third-order valence-electron chi connectivity index (χ3n) is 12.8. The zero-order chi connectivity index (χ0) is 30.1. The van der Waals surface area contributed by atoms with Crippen molar-refractivity contribution in [2.75, 3.05) is 0 Å². The van der Waals surface area contributed by atoms with E-state index in [4.69, 9.17) is 0 Å². The van der Waals surface area contributed by atoms with E-state index in [2.05, 4.69) is 109 Å². The van der Waals surface area contributed by atoms with Crippen LogP contribution in [0, 0.1) is 11.5 Å². The molecule has 0 saturated carbocycles. The third kappa shape index (κ3) is 5.67. The van der Waals surface area contributed by atoms with Crippen LogP contribution in [-0.2, 0) is 0 Å². The van der Waals surface area contributed by atoms with Gasteiger partial charge in [-0.2, -0.15) is 0 Å². The van der Waals surface area contributed by atoms with Crippen LogP contribution in [0.5, 0.6) is 0 Å². The molecule has 0 radical (unpaired) electrons. The van der Waals surface area contributed by atoms with E-state index in [1.54, 1.807) is 10.3 Å². The van der Waals surface area contributed by atoms with E-state index in [0.717, 1.165) is 30.0 Å². The lowest BCUT2D eigenvalue weighted by Crippen LogP contribution is -2.49. The third-order valence-corrected chi connectivity index (χ3v) is 17.3. The maximum atomic E-state index is 4.36. The van der Waals surface area contributed by atoms with E-state index in [0.29, 0.717) is 6.71 Å². The molecule has 0 spiro atoms. The zero-order valence-electron chi connectivity index (χ0n) is 27.1. The van der Waals surface area contributed by atoms with Crippen molar-refractivity contribution in [3.8, 4) is 11.5 Å². The first-order valence-corrected chi connectivity index (χ1v) is 20.7. The van der Waals surface area contributed by atoms with Gasteiger partial charge in [0.15, 0.2) is 21.5 Å². The number of rotatable bonds is 5. The molecule has 0 aromatic heterocycles. The van der Waals surface area contributed by atoms with E-state index >= 15 is 0 Å². The van der Waals surface area contributed by atoms with E-state index in [9.17, 15) is 0 Å². The Balaban J connectivity index is 1.40. The number of allylic oxidation sites excluding steroid dienone is 1. The Morgan fingerprint density at radius 2 is 1.13 bits per heavy atom. The van der Waals surface area contributed by atoms with Crippen molar-refractivity contribution in [3.63, 3.8) is 0 Å². The Morgan fingerprint density at radius 1 is 0.622 bits per heavy atom. The first kappa shape index (κ1) is 29.4. The number of benzene rings is 3. The average molecular weight is 603 g/mol. The van der Waals surface area contributed by atoms with E-state index in [1.165, 1.54) is 106 Å². The standard InChI is InChI=1S/C42H48B2Si/c1-4-14-33(15-5-1)28-30-45(41(32-34-16-6-2-7-17-34)44-38-24-12-25-39(44)27-13-26-38)31-29-40(42(45)35-18-8-3-9-19-35)43-36-20-10-21-37(43)23-11-22-36/h1-9,14-19,32,36-39H,10-13,20-27,29,31H2/b41-32-. The highest BCUT2D eigenvalue weighted by Crippen LogP contribution is 2.58. The summed E-state index contributed by atoms with van der Waals surface area (Å²) >= 11 is 0. The Morgan fingerprint density at radius 3 is 1.71 bits per heavy atom. The van der Waals surface area contributed by atoms with Gasteiger partial charge in [0.25, 0.3) is 0 Å². The van der Waals surface area contributed by atoms with Crippen molar-refractivity contribution in [1.29, 1.82) is 0 Å². The van der Waals surface area contributed by atoms with Crippen LogP contribution >= 0.6 is 0 Å². The SMILES string of the molecule is C(#C[Si]1(/C(=C\c2ccccc2)B2C3CCCC2CCC3)CCC(B2C3CCCC2CCC3)=C1c1ccccc1)c1ccccc1. The molecule has 0 N–H and O–H groups in total. The minimum atomic E-state index is -2.47. The van der Waals surface area contributed by atoms with Crippen LogP contribution in [0.25, 0.3) is 11.3 Å². The molecule has 4 fully saturated rings. The summed E-state index contributed by atoms with van der Waals surface area (Å²) in [7, 11) is -2.47. The normalized spacial score (nSPS) is 29.7. The molecule has 3 aromatic carbocycles. The maximum Gasteiger partial charge on any atom is 0.187 e. The summed E-state index contributed by atoms with van der Waals surface area (Å²) in [6.07, 6.45) is 21.1. The van der Waals surface area contributed by atoms with Crippen molar-refractivity contribution in [2.24, 2.45) is 0 Å². The molecule has 1 unspecified atom stereocenters. The maximum absolute atomic E-state index is 4.36. The van der Waals surface area contributed by atoms with Crippen LogP contribution in [0.4, 0.5) is 0 Å². The fourth-order valence-electron chi connectivity index (χ4n) is 11.1. The van der Waals surface area contributed by atoms with Gasteiger partial charge in [-0.3, -0.25) is 0 Å². The quantitative estimate of drug-likeness (QED) is 0.201. The van der Waals surface area contributed by atoms with Crippen molar-refractivity contribution >= 4 is 32.8 Å². The van der Waals surface area contributed by atoms with E-state index in [1.807, 2.05) is 5.47 Å². The molecule has 5 aliphatic heterocycles. The number of hydrogen-bond acceptors (Lipinski definition) is 0. The highest BCUT2D eigenvalue weighted by molar-refractivity contribution is 7.17. The van der Waals surface area contributed by atoms with Crippen LogP contribution in [0.2, 0.25) is 29.3 Å². The smallest absolute Gasteiger partial charge is 0.116 e. The minimum absolute atomic E-state index is 0.688. The molecular weight excluding hydrogens is 554 g/mol. The molecular formula is C42H48B2Si. The van der Waals surface area contributed by atoms with Gasteiger partial charge in [0.05, 0.1) is 0 Å². The summed E-state index contributed by atoms with van der Waals surface area (Å²) in [5.74, 6) is 7.32. The second kappa shape index (κ2) is 13.0. The molecule has 3 aromatic rings. The summed E-state index contributed by atoms with van der Waals surface area (Å²) < 4.78 is 0. The molecule has 0 aliphatic carbocycles. The fraction of sp³-hybridized carbons (Fsp3) is 0.429. The lowest BCUT2D eigenvalue weighted by Gasteiger charge is -2.46. The van der Waals surface area contributed by atoms with Crippen LogP contribution in [0.3, 0.4) is 0 Å². The molecule has 4 bridgehead atoms. The first-order valence-electron chi connectivity index (χ1n) is 18.4. The Kier molecular flexibility index (Phi) is 8.53. The molecule has 1 atom stereocenters. The lowest BCUT2D eigenvalue weighted by molar-refractivity contribution is 0.445. The summed E-state index contributed by atoms with van der Waals surface area (Å²) in [4.78, 5) is 0. The van der Waals surface area contributed by atoms with Crippen molar-refractivity contribution < 1.29 is 0 Å². The summed E-state index contributed by atoms with van der Waals surface area (Å²) in [5.41, 5.74) is 10.3. The van der Waals surface area contributed by atoms with Gasteiger partial charge >= 0.3 is 0 Å². The van der Waals surface area contributed by atoms with Gasteiger partial charge in [-0.15, -0.1) is 5.54 Å². The molecule has 45 heavy (non-hydrogen) atoms. The highest BCUT2D eigenvalue weighted by Gasteiger charge is 2.55. The summed E-state index contributed by atoms with van der Waals surface area (Å²) in [6, 6.07) is 35.4. The topological polar surface area (TPSA) is 0 Å². The van der Waals surface area contributed by atoms with Crippen LogP contribution in [0.15, 0.2) is 102 Å². The van der Waals surface area contributed by atoms with Gasteiger partial charge in [0, 0.05) is 5.56 Å². The molecule has 0 amide bonds. The number of fused-ring (bicyclic) bond motifs is 4. The number of hydrogen-bond donors (Lipinski definition) is 0. The summed E-state index contributed by atoms with van der Waals surface area (Å²) in [6.45, 7) is 1.47. The molecule has 5 heterocycles. The predicted octanol–water partition coefficient (Wildman–Crippen LogP) is 11.3. The van der Waals surface area contributed by atoms with Gasteiger partial charge in [-0.1, -0.05) is 202 Å². The fourth-order valence-corrected chi connectivity index (χ4v) is 16.2. The lowest BCUT2D eigenvalue weighted by atomic mass is 9.24. The molecule has 0 nitrogen and oxygen atoms in total. The molecule has 8 rings (SSSR count). The second-order valence-electron chi connectivity index (χ2n) is 15.1. The van der Waals surface area contributed by atoms with Crippen LogP contribution in [-0.4, -0.2) is 21.5 Å². The van der Waals surface area contributed by atoms with Crippen molar-refractivity contribution in [1.82, 2.24) is 0 Å². The molecule has 3 heteroatoms. The molecule has 5 aliphatic rings. The summed E-state index contributed by atoms with van der Waals surface area (Å²) in [5, 5.41) is 3.57. The van der Waals surface area contributed by atoms with Gasteiger partial charge in [0.2, 0.25) is 0 Å². The van der Waals surface area contributed by atoms with Crippen molar-refractivity contribution in [2.45, 2.75) is 113 Å². The van der Waals surface area contributed by atoms with Crippen LogP contribution < -0.4 is 0 Å². The second-order valence-corrected chi connectivity index (χ2v) is 18.8. The molecule has 226 valence electrons. The van der Waals surface area contributed by atoms with Crippen molar-refractivity contribution in [3.05, 3.63) is 118 Å². The average Bonchev–Trinajstić information content (AvgIpc) is 3.47. The van der Waals surface area contributed by atoms with Gasteiger partial charge in [-0.05, 0) is 40.9 Å². The van der Waals surface area contributed by atoms with Gasteiger partial charge in [0.1, 0.15) is 0 Å². The highest BCUT2D eigenvalue weighted by atomic mass is 28.3. The Hall–Kier alpha value is -2.95. The van der Waals surface area contributed by atoms with E-state index < -0.39 is 8.07 Å². The van der Waals surface area contributed by atoms with E-state index in [-0.39, 0.29) is 0 Å². The minimum Gasteiger partial charge on any atom is -0.116 e. The Labute approximate surface area is 274 Å². The Bertz CT molecular complexity index is 1560. The van der Waals surface area contributed by atoms with Gasteiger partial charge in [-0.25, -0.2) is 0 Å². The molecule has 4 saturated heterocycles.